The Balaban J connectivity index is 1.56. The van der Waals surface area contributed by atoms with Crippen LogP contribution >= 0.6 is 0 Å². The van der Waals surface area contributed by atoms with Crippen molar-refractivity contribution in [1.29, 1.82) is 0 Å². The number of Topliss-reactive ketones (excluding diaryl/α,β-unsaturated/α-hetero) is 1. The maximum atomic E-state index is 12.4. The summed E-state index contributed by atoms with van der Waals surface area (Å²) in [7, 11) is 0. The summed E-state index contributed by atoms with van der Waals surface area (Å²) in [6, 6.07) is 0. The summed E-state index contributed by atoms with van der Waals surface area (Å²) in [4.78, 5) is 29.8. The minimum Gasteiger partial charge on any atom is -0.356 e. The molecule has 1 atom stereocenters. The molecule has 1 N–H and O–H groups in total. The zero-order valence-electron chi connectivity index (χ0n) is 17.8. The van der Waals surface area contributed by atoms with Crippen LogP contribution in [0.25, 0.3) is 0 Å². The van der Waals surface area contributed by atoms with Crippen molar-refractivity contribution in [2.45, 2.75) is 65.7 Å². The van der Waals surface area contributed by atoms with E-state index in [9.17, 15) is 9.59 Å². The maximum absolute atomic E-state index is 12.4. The molecule has 0 aromatic carbocycles. The summed E-state index contributed by atoms with van der Waals surface area (Å²) in [5.74, 6) is 1.09. The Kier molecular flexibility index (Phi) is 9.77. The van der Waals surface area contributed by atoms with E-state index in [2.05, 4.69) is 29.0 Å². The van der Waals surface area contributed by atoms with E-state index < -0.39 is 0 Å². The van der Waals surface area contributed by atoms with E-state index in [0.717, 1.165) is 64.7 Å². The Morgan fingerprint density at radius 1 is 0.926 bits per heavy atom. The number of piperazine rings is 1. The summed E-state index contributed by atoms with van der Waals surface area (Å²) in [5, 5.41) is 3.14. The molecule has 0 bridgehead atoms. The number of hydrogen-bond donors (Lipinski definition) is 1. The normalized spacial score (nSPS) is 25.9. The molecule has 0 aromatic rings. The van der Waals surface area contributed by atoms with Gasteiger partial charge in [0.2, 0.25) is 5.91 Å². The number of nitrogens with one attached hydrogen (secondary N) is 1. The lowest BCUT2D eigenvalue weighted by molar-refractivity contribution is -0.131. The number of ketones is 1. The minimum absolute atomic E-state index is 0.114. The van der Waals surface area contributed by atoms with Crippen LogP contribution in [0.5, 0.6) is 0 Å². The molecule has 0 spiro atoms. The number of rotatable bonds is 10. The largest absolute Gasteiger partial charge is 0.356 e. The Morgan fingerprint density at radius 2 is 1.48 bits per heavy atom. The summed E-state index contributed by atoms with van der Waals surface area (Å²) < 4.78 is 0. The number of carbonyl (C=O) groups excluding carboxylic acids is 2. The van der Waals surface area contributed by atoms with Gasteiger partial charge < -0.3 is 15.1 Å². The van der Waals surface area contributed by atoms with Crippen molar-refractivity contribution in [2.75, 3.05) is 45.8 Å². The van der Waals surface area contributed by atoms with Crippen LogP contribution in [0, 0.1) is 17.8 Å². The highest BCUT2D eigenvalue weighted by atomic mass is 16.2. The molecule has 5 heteroatoms. The second kappa shape index (κ2) is 11.8. The smallest absolute Gasteiger partial charge is 0.223 e. The Labute approximate surface area is 166 Å². The molecule has 1 aliphatic heterocycles. The van der Waals surface area contributed by atoms with Crippen LogP contribution in [0.1, 0.15) is 65.7 Å². The third-order valence-electron chi connectivity index (χ3n) is 6.55. The van der Waals surface area contributed by atoms with Crippen LogP contribution < -0.4 is 5.32 Å². The van der Waals surface area contributed by atoms with E-state index in [1.165, 1.54) is 26.1 Å². The van der Waals surface area contributed by atoms with Crippen molar-refractivity contribution in [1.82, 2.24) is 15.1 Å². The first-order valence-electron chi connectivity index (χ1n) is 11.3. The van der Waals surface area contributed by atoms with Crippen LogP contribution in [0.3, 0.4) is 0 Å². The van der Waals surface area contributed by atoms with Crippen LogP contribution in [0.2, 0.25) is 0 Å². The van der Waals surface area contributed by atoms with E-state index in [1.807, 2.05) is 6.92 Å². The standard InChI is InChI=1S/C22H41N3O2/c1-4-12-24-14-16-25(17-15-24)13-6-11-23-22(27)20-9-7-19(8-10-20)21(26)18(3)5-2/h18-20H,4-17H2,1-3H3,(H,23,27). The van der Waals surface area contributed by atoms with Crippen LogP contribution in [0.4, 0.5) is 0 Å². The van der Waals surface area contributed by atoms with Crippen LogP contribution in [0.15, 0.2) is 0 Å². The van der Waals surface area contributed by atoms with Crippen molar-refractivity contribution >= 4 is 11.7 Å². The molecule has 1 aliphatic carbocycles. The monoisotopic (exact) mass is 379 g/mol. The summed E-state index contributed by atoms with van der Waals surface area (Å²) >= 11 is 0. The van der Waals surface area contributed by atoms with Gasteiger partial charge in [-0.2, -0.15) is 0 Å². The molecule has 0 radical (unpaired) electrons. The summed E-state index contributed by atoms with van der Waals surface area (Å²) in [6.45, 7) is 14.1. The second-order valence-electron chi connectivity index (χ2n) is 8.59. The fourth-order valence-corrected chi connectivity index (χ4v) is 4.45. The van der Waals surface area contributed by atoms with E-state index in [1.54, 1.807) is 0 Å². The molecule has 1 saturated heterocycles. The first kappa shape index (κ1) is 22.4. The predicted molar refractivity (Wildman–Crippen MR) is 111 cm³/mol. The van der Waals surface area contributed by atoms with Gasteiger partial charge in [0, 0.05) is 50.5 Å². The third-order valence-corrected chi connectivity index (χ3v) is 6.55. The second-order valence-corrected chi connectivity index (χ2v) is 8.59. The van der Waals surface area contributed by atoms with Crippen molar-refractivity contribution < 1.29 is 9.59 Å². The van der Waals surface area contributed by atoms with E-state index in [4.69, 9.17) is 0 Å². The molecule has 2 rings (SSSR count). The molecule has 1 heterocycles. The number of nitrogens with zero attached hydrogens (tertiary/aromatic N) is 2. The molecular formula is C22H41N3O2. The van der Waals surface area contributed by atoms with E-state index in [-0.39, 0.29) is 23.7 Å². The fraction of sp³-hybridized carbons (Fsp3) is 0.909. The third kappa shape index (κ3) is 7.19. The zero-order valence-corrected chi connectivity index (χ0v) is 17.8. The Hall–Kier alpha value is -0.940. The average Bonchev–Trinajstić information content (AvgIpc) is 2.71. The van der Waals surface area contributed by atoms with Gasteiger partial charge in [-0.25, -0.2) is 0 Å². The van der Waals surface area contributed by atoms with Gasteiger partial charge in [0.25, 0.3) is 0 Å². The van der Waals surface area contributed by atoms with Gasteiger partial charge in [-0.3, -0.25) is 9.59 Å². The van der Waals surface area contributed by atoms with Crippen LogP contribution in [-0.2, 0) is 9.59 Å². The van der Waals surface area contributed by atoms with Gasteiger partial charge in [0.1, 0.15) is 5.78 Å². The first-order valence-corrected chi connectivity index (χ1v) is 11.3. The van der Waals surface area contributed by atoms with Crippen LogP contribution in [-0.4, -0.2) is 67.3 Å². The number of hydrogen-bond acceptors (Lipinski definition) is 4. The summed E-state index contributed by atoms with van der Waals surface area (Å²) in [6.07, 6.45) is 6.72. The van der Waals surface area contributed by atoms with E-state index >= 15 is 0 Å². The van der Waals surface area contributed by atoms with Gasteiger partial charge in [-0.15, -0.1) is 0 Å². The number of amides is 1. The first-order chi connectivity index (χ1) is 13.0. The molecule has 156 valence electrons. The number of carbonyl (C=O) groups is 2. The topological polar surface area (TPSA) is 52.6 Å². The van der Waals surface area contributed by atoms with Gasteiger partial charge in [-0.1, -0.05) is 20.8 Å². The zero-order chi connectivity index (χ0) is 19.6. The minimum atomic E-state index is 0.114. The quantitative estimate of drug-likeness (QED) is 0.593. The SMILES string of the molecule is CCCN1CCN(CCCNC(=O)C2CCC(C(=O)C(C)CC)CC2)CC1. The average molecular weight is 380 g/mol. The van der Waals surface area contributed by atoms with Crippen molar-refractivity contribution in [3.63, 3.8) is 0 Å². The highest BCUT2D eigenvalue weighted by molar-refractivity contribution is 5.84. The molecule has 1 unspecified atom stereocenters. The molecule has 2 aliphatic rings. The predicted octanol–water partition coefficient (Wildman–Crippen LogP) is 2.94. The highest BCUT2D eigenvalue weighted by Crippen LogP contribution is 2.31. The van der Waals surface area contributed by atoms with E-state index in [0.29, 0.717) is 5.78 Å². The molecule has 0 aromatic heterocycles. The molecule has 1 saturated carbocycles. The lowest BCUT2D eigenvalue weighted by Gasteiger charge is -2.34. The molecule has 1 amide bonds. The van der Waals surface area contributed by atoms with Crippen molar-refractivity contribution in [3.8, 4) is 0 Å². The van der Waals surface area contributed by atoms with Crippen molar-refractivity contribution in [3.05, 3.63) is 0 Å². The van der Waals surface area contributed by atoms with Gasteiger partial charge in [0.15, 0.2) is 0 Å². The lowest BCUT2D eigenvalue weighted by atomic mass is 9.77. The van der Waals surface area contributed by atoms with Gasteiger partial charge in [0.05, 0.1) is 0 Å². The molecular weight excluding hydrogens is 338 g/mol. The van der Waals surface area contributed by atoms with Crippen molar-refractivity contribution in [2.24, 2.45) is 17.8 Å². The summed E-state index contributed by atoms with van der Waals surface area (Å²) in [5.41, 5.74) is 0. The Morgan fingerprint density at radius 3 is 2.04 bits per heavy atom. The lowest BCUT2D eigenvalue weighted by Crippen LogP contribution is -2.47. The fourth-order valence-electron chi connectivity index (χ4n) is 4.45. The molecule has 5 nitrogen and oxygen atoms in total. The molecule has 2 fully saturated rings. The maximum Gasteiger partial charge on any atom is 0.223 e. The molecule has 27 heavy (non-hydrogen) atoms. The highest BCUT2D eigenvalue weighted by Gasteiger charge is 2.31. The Bertz CT molecular complexity index is 452. The van der Waals surface area contributed by atoms with Gasteiger partial charge in [-0.05, 0) is 58.0 Å². The van der Waals surface area contributed by atoms with Gasteiger partial charge >= 0.3 is 0 Å².